The zero-order valence-corrected chi connectivity index (χ0v) is 16.5. The molecule has 6 heteroatoms. The molecule has 0 aliphatic carbocycles. The molecule has 0 saturated heterocycles. The number of nitrogens with zero attached hydrogens (tertiary/aromatic N) is 2. The van der Waals surface area contributed by atoms with Crippen molar-refractivity contribution in [3.05, 3.63) is 59.2 Å². The number of Topliss-reactive ketones (excluding diaryl/α,β-unsaturated/α-hetero) is 1. The van der Waals surface area contributed by atoms with E-state index in [1.54, 1.807) is 19.1 Å². The summed E-state index contributed by atoms with van der Waals surface area (Å²) in [5.41, 5.74) is 3.99. The maximum atomic E-state index is 12.4. The van der Waals surface area contributed by atoms with Gasteiger partial charge in [-0.3, -0.25) is 4.79 Å². The molecule has 3 aromatic rings. The summed E-state index contributed by atoms with van der Waals surface area (Å²) >= 11 is 1.42. The molecule has 0 atom stereocenters. The van der Waals surface area contributed by atoms with Gasteiger partial charge in [-0.2, -0.15) is 0 Å². The quantitative estimate of drug-likeness (QED) is 0.342. The number of carbonyl (C=O) groups is 2. The molecule has 0 unspecified atom stereocenters. The van der Waals surface area contributed by atoms with Gasteiger partial charge in [-0.1, -0.05) is 41.6 Å². The first-order valence-corrected chi connectivity index (χ1v) is 9.92. The first kappa shape index (κ1) is 19.2. The fraction of sp³-hybridized carbons (Fsp3) is 0.286. The molecule has 0 aliphatic heterocycles. The first-order chi connectivity index (χ1) is 13.0. The maximum Gasteiger partial charge on any atom is 0.338 e. The highest BCUT2D eigenvalue weighted by Crippen LogP contribution is 2.26. The average molecular weight is 382 g/mol. The van der Waals surface area contributed by atoms with E-state index in [2.05, 4.69) is 9.55 Å². The van der Waals surface area contributed by atoms with E-state index in [-0.39, 0.29) is 11.8 Å². The van der Waals surface area contributed by atoms with Crippen molar-refractivity contribution in [1.29, 1.82) is 0 Å². The van der Waals surface area contributed by atoms with Crippen LogP contribution < -0.4 is 0 Å². The van der Waals surface area contributed by atoms with Crippen LogP contribution in [0.5, 0.6) is 0 Å². The lowest BCUT2D eigenvalue weighted by Gasteiger charge is -2.06. The summed E-state index contributed by atoms with van der Waals surface area (Å²) in [7, 11) is 0. The molecule has 0 fully saturated rings. The van der Waals surface area contributed by atoms with Gasteiger partial charge in [0, 0.05) is 12.1 Å². The van der Waals surface area contributed by atoms with Crippen LogP contribution in [0.25, 0.3) is 11.0 Å². The molecule has 3 rings (SSSR count). The third-order valence-electron chi connectivity index (χ3n) is 4.25. The number of hydrogen-bond donors (Lipinski definition) is 0. The van der Waals surface area contributed by atoms with Crippen molar-refractivity contribution < 1.29 is 14.3 Å². The van der Waals surface area contributed by atoms with Crippen LogP contribution in [-0.2, 0) is 11.3 Å². The van der Waals surface area contributed by atoms with Crippen LogP contribution in [0.15, 0.2) is 47.6 Å². The predicted molar refractivity (Wildman–Crippen MR) is 108 cm³/mol. The van der Waals surface area contributed by atoms with Crippen LogP contribution in [0.2, 0.25) is 0 Å². The first-order valence-electron chi connectivity index (χ1n) is 8.93. The Morgan fingerprint density at radius 3 is 2.44 bits per heavy atom. The Kier molecular flexibility index (Phi) is 5.96. The Labute approximate surface area is 162 Å². The second kappa shape index (κ2) is 8.39. The average Bonchev–Trinajstić information content (AvgIpc) is 3.03. The maximum absolute atomic E-state index is 12.4. The van der Waals surface area contributed by atoms with Crippen molar-refractivity contribution in [2.24, 2.45) is 0 Å². The minimum absolute atomic E-state index is 0.0712. The van der Waals surface area contributed by atoms with E-state index in [1.807, 2.05) is 44.2 Å². The molecule has 1 heterocycles. The number of thioether (sulfide) groups is 1. The highest BCUT2D eigenvalue weighted by Gasteiger charge is 2.15. The lowest BCUT2D eigenvalue weighted by atomic mass is 10.1. The van der Waals surface area contributed by atoms with E-state index in [0.717, 1.165) is 28.3 Å². The SMILES string of the molecule is CCOC(=O)c1ccc2c(c1)nc(SCC(=O)c1ccc(C)cc1)n2CC. The van der Waals surface area contributed by atoms with Gasteiger partial charge in [0.25, 0.3) is 0 Å². The monoisotopic (exact) mass is 382 g/mol. The Morgan fingerprint density at radius 1 is 1.07 bits per heavy atom. The molecule has 140 valence electrons. The van der Waals surface area contributed by atoms with Crippen LogP contribution in [0.1, 0.15) is 40.1 Å². The number of rotatable bonds is 7. The van der Waals surface area contributed by atoms with Crippen molar-refractivity contribution in [3.63, 3.8) is 0 Å². The van der Waals surface area contributed by atoms with Crippen LogP contribution in [0.4, 0.5) is 0 Å². The van der Waals surface area contributed by atoms with Gasteiger partial charge < -0.3 is 9.30 Å². The van der Waals surface area contributed by atoms with Gasteiger partial charge in [0.1, 0.15) is 0 Å². The summed E-state index contributed by atoms with van der Waals surface area (Å²) in [5.74, 6) is 0.0352. The van der Waals surface area contributed by atoms with Crippen molar-refractivity contribution >= 4 is 34.5 Å². The summed E-state index contributed by atoms with van der Waals surface area (Å²) in [4.78, 5) is 29.0. The third kappa shape index (κ3) is 4.22. The highest BCUT2D eigenvalue weighted by atomic mass is 32.2. The van der Waals surface area contributed by atoms with Gasteiger partial charge in [-0.05, 0) is 39.0 Å². The molecule has 0 spiro atoms. The highest BCUT2D eigenvalue weighted by molar-refractivity contribution is 7.99. The van der Waals surface area contributed by atoms with Crippen molar-refractivity contribution in [2.45, 2.75) is 32.5 Å². The number of hydrogen-bond acceptors (Lipinski definition) is 5. The molecule has 27 heavy (non-hydrogen) atoms. The fourth-order valence-corrected chi connectivity index (χ4v) is 3.79. The van der Waals surface area contributed by atoms with E-state index >= 15 is 0 Å². The van der Waals surface area contributed by atoms with Crippen molar-refractivity contribution in [3.8, 4) is 0 Å². The van der Waals surface area contributed by atoms with E-state index < -0.39 is 0 Å². The van der Waals surface area contributed by atoms with Gasteiger partial charge in [-0.15, -0.1) is 0 Å². The summed E-state index contributed by atoms with van der Waals surface area (Å²) < 4.78 is 7.11. The molecule has 2 aromatic carbocycles. The van der Waals surface area contributed by atoms with Gasteiger partial charge in [0.2, 0.25) is 0 Å². The van der Waals surface area contributed by atoms with Gasteiger partial charge in [0.05, 0.1) is 29.0 Å². The summed E-state index contributed by atoms with van der Waals surface area (Å²) in [6.07, 6.45) is 0. The number of imidazole rings is 1. The van der Waals surface area contributed by atoms with E-state index in [0.29, 0.717) is 23.5 Å². The molecule has 0 N–H and O–H groups in total. The summed E-state index contributed by atoms with van der Waals surface area (Å²) in [6, 6.07) is 13.0. The molecular formula is C21H22N2O3S. The lowest BCUT2D eigenvalue weighted by molar-refractivity contribution is 0.0526. The number of carbonyl (C=O) groups excluding carboxylic acids is 2. The zero-order chi connectivity index (χ0) is 19.4. The van der Waals surface area contributed by atoms with E-state index in [4.69, 9.17) is 4.74 Å². The fourth-order valence-electron chi connectivity index (χ4n) is 2.82. The van der Waals surface area contributed by atoms with Crippen molar-refractivity contribution in [1.82, 2.24) is 9.55 Å². The van der Waals surface area contributed by atoms with E-state index in [9.17, 15) is 9.59 Å². The third-order valence-corrected chi connectivity index (χ3v) is 5.22. The van der Waals surface area contributed by atoms with Crippen molar-refractivity contribution in [2.75, 3.05) is 12.4 Å². The minimum atomic E-state index is -0.353. The topological polar surface area (TPSA) is 61.2 Å². The van der Waals surface area contributed by atoms with Crippen LogP contribution in [0, 0.1) is 6.92 Å². The molecule has 0 bridgehead atoms. The Balaban J connectivity index is 1.82. The molecule has 5 nitrogen and oxygen atoms in total. The number of esters is 1. The number of aryl methyl sites for hydroxylation is 2. The number of ketones is 1. The normalized spacial score (nSPS) is 10.9. The molecule has 0 amide bonds. The summed E-state index contributed by atoms with van der Waals surface area (Å²) in [5, 5.41) is 0.772. The summed E-state index contributed by atoms with van der Waals surface area (Å²) in [6.45, 7) is 6.88. The minimum Gasteiger partial charge on any atom is -0.462 e. The number of benzene rings is 2. The second-order valence-electron chi connectivity index (χ2n) is 6.14. The van der Waals surface area contributed by atoms with Gasteiger partial charge in [0.15, 0.2) is 10.9 Å². The predicted octanol–water partition coefficient (Wildman–Crippen LogP) is 4.52. The van der Waals surface area contributed by atoms with E-state index in [1.165, 1.54) is 11.8 Å². The number of fused-ring (bicyclic) bond motifs is 1. The molecule has 0 aliphatic rings. The Hall–Kier alpha value is -2.60. The Morgan fingerprint density at radius 2 is 1.78 bits per heavy atom. The molecular weight excluding hydrogens is 360 g/mol. The molecule has 0 saturated carbocycles. The van der Waals surface area contributed by atoms with Crippen LogP contribution in [-0.4, -0.2) is 33.7 Å². The largest absolute Gasteiger partial charge is 0.462 e. The van der Waals surface area contributed by atoms with Crippen LogP contribution >= 0.6 is 11.8 Å². The standard InChI is InChI=1S/C21H22N2O3S/c1-4-23-18-11-10-16(20(25)26-5-2)12-17(18)22-21(23)27-13-19(24)15-8-6-14(3)7-9-15/h6-12H,4-5,13H2,1-3H3. The second-order valence-corrected chi connectivity index (χ2v) is 7.08. The number of aromatic nitrogens is 2. The molecule has 0 radical (unpaired) electrons. The lowest BCUT2D eigenvalue weighted by Crippen LogP contribution is -2.05. The Bertz CT molecular complexity index is 977. The van der Waals surface area contributed by atoms with Gasteiger partial charge in [-0.25, -0.2) is 9.78 Å². The zero-order valence-electron chi connectivity index (χ0n) is 15.7. The number of ether oxygens (including phenoxy) is 1. The molecule has 1 aromatic heterocycles. The van der Waals surface area contributed by atoms with Crippen LogP contribution in [0.3, 0.4) is 0 Å². The van der Waals surface area contributed by atoms with Gasteiger partial charge >= 0.3 is 5.97 Å². The smallest absolute Gasteiger partial charge is 0.338 e.